The molecule has 0 fully saturated rings. The smallest absolute Gasteiger partial charge is 0.0952 e. The predicted octanol–water partition coefficient (Wildman–Crippen LogP) is 2.30. The molecule has 0 aromatic heterocycles. The van der Waals surface area contributed by atoms with Crippen LogP contribution in [0.5, 0.6) is 0 Å². The summed E-state index contributed by atoms with van der Waals surface area (Å²) in [6.45, 7) is 4.00. The molecule has 3 atom stereocenters. The van der Waals surface area contributed by atoms with Crippen LogP contribution in [-0.2, 0) is 0 Å². The normalized spacial score (nSPS) is 17.8. The van der Waals surface area contributed by atoms with E-state index in [9.17, 15) is 10.2 Å². The van der Waals surface area contributed by atoms with E-state index in [1.807, 2.05) is 31.2 Å². The lowest BCUT2D eigenvalue weighted by Gasteiger charge is -2.21. The Morgan fingerprint density at radius 3 is 2.28 bits per heavy atom. The molecule has 18 heavy (non-hydrogen) atoms. The van der Waals surface area contributed by atoms with E-state index in [0.29, 0.717) is 12.8 Å². The Morgan fingerprint density at radius 2 is 1.67 bits per heavy atom. The molecule has 0 heterocycles. The van der Waals surface area contributed by atoms with Crippen LogP contribution < -0.4 is 5.73 Å². The van der Waals surface area contributed by atoms with Crippen LogP contribution in [0.4, 0.5) is 0 Å². The van der Waals surface area contributed by atoms with Crippen LogP contribution in [0.25, 0.3) is 0 Å². The van der Waals surface area contributed by atoms with Crippen molar-refractivity contribution in [1.82, 2.24) is 0 Å². The zero-order chi connectivity index (χ0) is 13.8. The van der Waals surface area contributed by atoms with Crippen LogP contribution in [0.3, 0.4) is 0 Å². The molecule has 104 valence electrons. The SMILES string of the molecule is CCC=CCC=CC=CCC(O)C(O)C(N)CC. The minimum atomic E-state index is -0.851. The fraction of sp³-hybridized carbons (Fsp3) is 0.600. The first-order chi connectivity index (χ1) is 8.63. The molecule has 0 rings (SSSR count). The van der Waals surface area contributed by atoms with Gasteiger partial charge in [0.2, 0.25) is 0 Å². The van der Waals surface area contributed by atoms with E-state index >= 15 is 0 Å². The maximum absolute atomic E-state index is 9.68. The first-order valence-corrected chi connectivity index (χ1v) is 6.71. The van der Waals surface area contributed by atoms with E-state index in [0.717, 1.165) is 12.8 Å². The monoisotopic (exact) mass is 253 g/mol. The fourth-order valence-corrected chi connectivity index (χ4v) is 1.46. The third-order valence-electron chi connectivity index (χ3n) is 2.74. The first-order valence-electron chi connectivity index (χ1n) is 6.71. The zero-order valence-electron chi connectivity index (χ0n) is 11.5. The number of aliphatic hydroxyl groups excluding tert-OH is 2. The Hall–Kier alpha value is -0.900. The largest absolute Gasteiger partial charge is 0.390 e. The molecule has 0 saturated heterocycles. The van der Waals surface area contributed by atoms with Crippen molar-refractivity contribution in [2.24, 2.45) is 5.73 Å². The van der Waals surface area contributed by atoms with Crippen molar-refractivity contribution in [3.63, 3.8) is 0 Å². The van der Waals surface area contributed by atoms with Gasteiger partial charge in [0.05, 0.1) is 12.2 Å². The summed E-state index contributed by atoms with van der Waals surface area (Å²) in [5, 5.41) is 19.3. The third kappa shape index (κ3) is 8.23. The van der Waals surface area contributed by atoms with Crippen molar-refractivity contribution in [3.8, 4) is 0 Å². The van der Waals surface area contributed by atoms with Crippen LogP contribution >= 0.6 is 0 Å². The molecule has 0 saturated carbocycles. The molecule has 4 N–H and O–H groups in total. The average molecular weight is 253 g/mol. The molecular weight excluding hydrogens is 226 g/mol. The number of allylic oxidation sites excluding steroid dienone is 5. The van der Waals surface area contributed by atoms with Gasteiger partial charge in [-0.1, -0.05) is 50.3 Å². The highest BCUT2D eigenvalue weighted by molar-refractivity contribution is 5.05. The van der Waals surface area contributed by atoms with Crippen molar-refractivity contribution in [3.05, 3.63) is 36.5 Å². The lowest BCUT2D eigenvalue weighted by molar-refractivity contribution is 0.00548. The first kappa shape index (κ1) is 17.1. The molecule has 0 spiro atoms. The molecule has 0 aromatic carbocycles. The number of nitrogens with two attached hydrogens (primary N) is 1. The molecule has 0 aliphatic rings. The highest BCUT2D eigenvalue weighted by atomic mass is 16.3. The van der Waals surface area contributed by atoms with Gasteiger partial charge < -0.3 is 15.9 Å². The van der Waals surface area contributed by atoms with Gasteiger partial charge >= 0.3 is 0 Å². The van der Waals surface area contributed by atoms with Crippen molar-refractivity contribution >= 4 is 0 Å². The second-order valence-electron chi connectivity index (χ2n) is 4.34. The van der Waals surface area contributed by atoms with Gasteiger partial charge in [-0.2, -0.15) is 0 Å². The predicted molar refractivity (Wildman–Crippen MR) is 77.2 cm³/mol. The topological polar surface area (TPSA) is 66.5 Å². The summed E-state index contributed by atoms with van der Waals surface area (Å²) in [7, 11) is 0. The Morgan fingerprint density at radius 1 is 1.00 bits per heavy atom. The van der Waals surface area contributed by atoms with Gasteiger partial charge in [-0.05, 0) is 25.7 Å². The lowest BCUT2D eigenvalue weighted by Crippen LogP contribution is -2.42. The summed E-state index contributed by atoms with van der Waals surface area (Å²) in [6.07, 6.45) is 13.4. The van der Waals surface area contributed by atoms with Crippen LogP contribution in [0.1, 0.15) is 39.5 Å². The number of hydrogen-bond donors (Lipinski definition) is 3. The van der Waals surface area contributed by atoms with Gasteiger partial charge in [-0.15, -0.1) is 0 Å². The Kier molecular flexibility index (Phi) is 10.6. The zero-order valence-corrected chi connectivity index (χ0v) is 11.5. The van der Waals surface area contributed by atoms with Crippen molar-refractivity contribution in [2.75, 3.05) is 0 Å². The van der Waals surface area contributed by atoms with Crippen molar-refractivity contribution < 1.29 is 10.2 Å². The van der Waals surface area contributed by atoms with E-state index in [2.05, 4.69) is 19.1 Å². The minimum absolute atomic E-state index is 0.358. The Bertz CT molecular complexity index is 272. The fourth-order valence-electron chi connectivity index (χ4n) is 1.46. The van der Waals surface area contributed by atoms with Crippen molar-refractivity contribution in [2.45, 2.75) is 57.8 Å². The number of rotatable bonds is 9. The molecule has 3 unspecified atom stereocenters. The van der Waals surface area contributed by atoms with E-state index in [1.54, 1.807) is 0 Å². The van der Waals surface area contributed by atoms with E-state index in [1.165, 1.54) is 0 Å². The summed E-state index contributed by atoms with van der Waals surface area (Å²) in [5.41, 5.74) is 5.66. The van der Waals surface area contributed by atoms with Crippen LogP contribution in [-0.4, -0.2) is 28.5 Å². The van der Waals surface area contributed by atoms with E-state index in [-0.39, 0.29) is 6.04 Å². The van der Waals surface area contributed by atoms with Crippen LogP contribution in [0.2, 0.25) is 0 Å². The maximum atomic E-state index is 9.68. The highest BCUT2D eigenvalue weighted by Crippen LogP contribution is 2.06. The Labute approximate surface area is 111 Å². The summed E-state index contributed by atoms with van der Waals surface area (Å²) in [4.78, 5) is 0. The quantitative estimate of drug-likeness (QED) is 0.436. The second kappa shape index (κ2) is 11.2. The maximum Gasteiger partial charge on any atom is 0.0952 e. The summed E-state index contributed by atoms with van der Waals surface area (Å²) in [6, 6.07) is -0.358. The minimum Gasteiger partial charge on any atom is -0.390 e. The van der Waals surface area contributed by atoms with Gasteiger partial charge in [0.25, 0.3) is 0 Å². The summed E-state index contributed by atoms with van der Waals surface area (Å²) in [5.74, 6) is 0. The van der Waals surface area contributed by atoms with Crippen molar-refractivity contribution in [1.29, 1.82) is 0 Å². The third-order valence-corrected chi connectivity index (χ3v) is 2.74. The van der Waals surface area contributed by atoms with Gasteiger partial charge in [0.1, 0.15) is 0 Å². The molecule has 0 radical (unpaired) electrons. The molecule has 0 amide bonds. The molecule has 0 bridgehead atoms. The molecule has 3 heteroatoms. The summed E-state index contributed by atoms with van der Waals surface area (Å²) >= 11 is 0. The van der Waals surface area contributed by atoms with Gasteiger partial charge in [-0.25, -0.2) is 0 Å². The molecule has 0 aliphatic heterocycles. The highest BCUT2D eigenvalue weighted by Gasteiger charge is 2.20. The van der Waals surface area contributed by atoms with Crippen LogP contribution in [0, 0.1) is 0 Å². The van der Waals surface area contributed by atoms with E-state index < -0.39 is 12.2 Å². The molecular formula is C15H27NO2. The number of aliphatic hydroxyl groups is 2. The van der Waals surface area contributed by atoms with Gasteiger partial charge in [0.15, 0.2) is 0 Å². The van der Waals surface area contributed by atoms with Gasteiger partial charge in [0, 0.05) is 6.04 Å². The number of hydrogen-bond acceptors (Lipinski definition) is 3. The molecule has 0 aromatic rings. The summed E-state index contributed by atoms with van der Waals surface area (Å²) < 4.78 is 0. The lowest BCUT2D eigenvalue weighted by atomic mass is 10.0. The van der Waals surface area contributed by atoms with E-state index in [4.69, 9.17) is 5.73 Å². The Balaban J connectivity index is 3.84. The average Bonchev–Trinajstić information content (AvgIpc) is 2.39. The van der Waals surface area contributed by atoms with Crippen LogP contribution in [0.15, 0.2) is 36.5 Å². The van der Waals surface area contributed by atoms with Gasteiger partial charge in [-0.3, -0.25) is 0 Å². The second-order valence-corrected chi connectivity index (χ2v) is 4.34. The molecule has 3 nitrogen and oxygen atoms in total. The molecule has 0 aliphatic carbocycles. The standard InChI is InChI=1S/C15H27NO2/c1-3-5-6-7-8-9-10-11-12-14(17)15(18)13(16)4-2/h5-6,8-11,13-15,17-18H,3-4,7,12,16H2,1-2H3.